The molecule has 1 N–H and O–H groups in total. The fourth-order valence-electron chi connectivity index (χ4n) is 4.50. The average Bonchev–Trinajstić information content (AvgIpc) is 3.63. The van der Waals surface area contributed by atoms with Crippen molar-refractivity contribution in [3.8, 4) is 22.4 Å². The molecule has 0 radical (unpaired) electrons. The third-order valence-corrected chi connectivity index (χ3v) is 6.33. The van der Waals surface area contributed by atoms with Crippen LogP contribution in [0.15, 0.2) is 48.8 Å². The van der Waals surface area contributed by atoms with E-state index in [0.717, 1.165) is 30.6 Å². The maximum Gasteiger partial charge on any atom is 0.100 e. The molecule has 0 saturated heterocycles. The lowest BCUT2D eigenvalue weighted by molar-refractivity contribution is 0.339. The molecule has 2 aliphatic carbocycles. The number of benzene rings is 1. The fraction of sp³-hybridized carbons (Fsp3) is 0.391. The Labute approximate surface area is 159 Å². The summed E-state index contributed by atoms with van der Waals surface area (Å²) in [6.45, 7) is 1.88. The molecule has 3 aromatic rings. The van der Waals surface area contributed by atoms with Crippen LogP contribution in [0.4, 0.5) is 0 Å². The molecule has 1 aliphatic heterocycles. The SMILES string of the molecule is c1cc(-c2nn3c(c2-c2ccncc2)CN[C@H](C2CC2)C3)cc(C2CC2)c1. The van der Waals surface area contributed by atoms with Crippen LogP contribution in [0, 0.1) is 5.92 Å². The van der Waals surface area contributed by atoms with Gasteiger partial charge >= 0.3 is 0 Å². The van der Waals surface area contributed by atoms with Crippen LogP contribution < -0.4 is 5.32 Å². The van der Waals surface area contributed by atoms with E-state index in [1.54, 1.807) is 0 Å². The number of fused-ring (bicyclic) bond motifs is 1. The first-order valence-electron chi connectivity index (χ1n) is 10.2. The first-order chi connectivity index (χ1) is 13.4. The molecule has 0 unspecified atom stereocenters. The third-order valence-electron chi connectivity index (χ3n) is 6.33. The van der Waals surface area contributed by atoms with Gasteiger partial charge in [-0.05, 0) is 66.8 Å². The molecule has 2 aromatic heterocycles. The molecule has 1 atom stereocenters. The molecular weight excluding hydrogens is 332 g/mol. The van der Waals surface area contributed by atoms with Gasteiger partial charge in [-0.1, -0.05) is 18.2 Å². The van der Waals surface area contributed by atoms with Crippen LogP contribution in [-0.2, 0) is 13.1 Å². The van der Waals surface area contributed by atoms with Crippen molar-refractivity contribution in [2.45, 2.75) is 50.7 Å². The zero-order valence-corrected chi connectivity index (χ0v) is 15.4. The first-order valence-corrected chi connectivity index (χ1v) is 10.2. The van der Waals surface area contributed by atoms with Crippen molar-refractivity contribution in [2.75, 3.05) is 0 Å². The van der Waals surface area contributed by atoms with Crippen molar-refractivity contribution in [2.24, 2.45) is 5.92 Å². The summed E-state index contributed by atoms with van der Waals surface area (Å²) in [6.07, 6.45) is 9.14. The number of rotatable bonds is 4. The van der Waals surface area contributed by atoms with Gasteiger partial charge in [0.1, 0.15) is 5.69 Å². The zero-order chi connectivity index (χ0) is 17.8. The monoisotopic (exact) mass is 356 g/mol. The Balaban J connectivity index is 1.49. The van der Waals surface area contributed by atoms with E-state index < -0.39 is 0 Å². The molecule has 6 rings (SSSR count). The van der Waals surface area contributed by atoms with Gasteiger partial charge in [-0.15, -0.1) is 0 Å². The highest BCUT2D eigenvalue weighted by molar-refractivity contribution is 5.83. The fourth-order valence-corrected chi connectivity index (χ4v) is 4.50. The largest absolute Gasteiger partial charge is 0.306 e. The van der Waals surface area contributed by atoms with Crippen LogP contribution in [0.5, 0.6) is 0 Å². The van der Waals surface area contributed by atoms with Gasteiger partial charge in [0, 0.05) is 36.1 Å². The third kappa shape index (κ3) is 2.79. The number of pyridine rings is 1. The summed E-state index contributed by atoms with van der Waals surface area (Å²) in [6, 6.07) is 13.8. The number of nitrogens with zero attached hydrogens (tertiary/aromatic N) is 3. The second-order valence-corrected chi connectivity index (χ2v) is 8.31. The van der Waals surface area contributed by atoms with Crippen molar-refractivity contribution < 1.29 is 0 Å². The second-order valence-electron chi connectivity index (χ2n) is 8.31. The quantitative estimate of drug-likeness (QED) is 0.755. The van der Waals surface area contributed by atoms with Crippen LogP contribution in [0.1, 0.15) is 42.9 Å². The Morgan fingerprint density at radius 1 is 0.963 bits per heavy atom. The van der Waals surface area contributed by atoms with E-state index in [1.165, 1.54) is 53.6 Å². The number of hydrogen-bond acceptors (Lipinski definition) is 3. The molecule has 4 nitrogen and oxygen atoms in total. The minimum atomic E-state index is 0.577. The smallest absolute Gasteiger partial charge is 0.100 e. The molecule has 1 aromatic carbocycles. The van der Waals surface area contributed by atoms with Crippen LogP contribution in [0.3, 0.4) is 0 Å². The lowest BCUT2D eigenvalue weighted by atomic mass is 9.97. The number of nitrogens with one attached hydrogen (secondary N) is 1. The molecule has 4 heteroatoms. The van der Waals surface area contributed by atoms with Crippen molar-refractivity contribution in [3.05, 3.63) is 60.0 Å². The van der Waals surface area contributed by atoms with E-state index >= 15 is 0 Å². The van der Waals surface area contributed by atoms with Crippen LogP contribution in [-0.4, -0.2) is 20.8 Å². The molecule has 2 fully saturated rings. The van der Waals surface area contributed by atoms with Gasteiger partial charge in [0.15, 0.2) is 0 Å². The van der Waals surface area contributed by atoms with E-state index in [9.17, 15) is 0 Å². The van der Waals surface area contributed by atoms with E-state index in [4.69, 9.17) is 5.10 Å². The van der Waals surface area contributed by atoms with Gasteiger partial charge in [-0.2, -0.15) is 5.10 Å². The zero-order valence-electron chi connectivity index (χ0n) is 15.4. The Kier molecular flexibility index (Phi) is 3.48. The molecule has 27 heavy (non-hydrogen) atoms. The summed E-state index contributed by atoms with van der Waals surface area (Å²) in [5, 5.41) is 8.91. The maximum atomic E-state index is 5.13. The normalized spacial score (nSPS) is 21.9. The molecule has 0 spiro atoms. The van der Waals surface area contributed by atoms with Gasteiger partial charge in [0.25, 0.3) is 0 Å². The van der Waals surface area contributed by atoms with Gasteiger partial charge in [0.05, 0.1) is 12.2 Å². The van der Waals surface area contributed by atoms with E-state index in [-0.39, 0.29) is 0 Å². The molecule has 0 bridgehead atoms. The van der Waals surface area contributed by atoms with Crippen molar-refractivity contribution in [1.29, 1.82) is 0 Å². The minimum Gasteiger partial charge on any atom is -0.306 e. The summed E-state index contributed by atoms with van der Waals surface area (Å²) in [4.78, 5) is 4.22. The Hall–Kier alpha value is -2.46. The predicted molar refractivity (Wildman–Crippen MR) is 106 cm³/mol. The van der Waals surface area contributed by atoms with E-state index in [0.29, 0.717) is 6.04 Å². The Bertz CT molecular complexity index is 983. The van der Waals surface area contributed by atoms with Crippen molar-refractivity contribution in [1.82, 2.24) is 20.1 Å². The van der Waals surface area contributed by atoms with Gasteiger partial charge < -0.3 is 5.32 Å². The lowest BCUT2D eigenvalue weighted by Gasteiger charge is -2.25. The van der Waals surface area contributed by atoms with E-state index in [1.807, 2.05) is 12.4 Å². The van der Waals surface area contributed by atoms with Crippen LogP contribution >= 0.6 is 0 Å². The maximum absolute atomic E-state index is 5.13. The molecule has 2 saturated carbocycles. The molecular formula is C23H24N4. The average molecular weight is 356 g/mol. The van der Waals surface area contributed by atoms with Crippen molar-refractivity contribution in [3.63, 3.8) is 0 Å². The minimum absolute atomic E-state index is 0.577. The molecule has 3 heterocycles. The summed E-state index contributed by atoms with van der Waals surface area (Å²) in [5.41, 5.74) is 7.63. The first kappa shape index (κ1) is 15.6. The van der Waals surface area contributed by atoms with Crippen LogP contribution in [0.25, 0.3) is 22.4 Å². The van der Waals surface area contributed by atoms with Gasteiger partial charge in [-0.3, -0.25) is 9.67 Å². The Morgan fingerprint density at radius 2 is 1.81 bits per heavy atom. The highest BCUT2D eigenvalue weighted by Crippen LogP contribution is 2.43. The highest BCUT2D eigenvalue weighted by atomic mass is 15.3. The highest BCUT2D eigenvalue weighted by Gasteiger charge is 2.35. The molecule has 3 aliphatic rings. The number of hydrogen-bond donors (Lipinski definition) is 1. The lowest BCUT2D eigenvalue weighted by Crippen LogP contribution is -2.40. The van der Waals surface area contributed by atoms with E-state index in [2.05, 4.69) is 51.4 Å². The molecule has 136 valence electrons. The predicted octanol–water partition coefficient (Wildman–Crippen LogP) is 4.37. The van der Waals surface area contributed by atoms with Gasteiger partial charge in [-0.25, -0.2) is 0 Å². The number of aromatic nitrogens is 3. The molecule has 0 amide bonds. The Morgan fingerprint density at radius 3 is 2.59 bits per heavy atom. The summed E-state index contributed by atoms with van der Waals surface area (Å²) in [5.74, 6) is 1.60. The van der Waals surface area contributed by atoms with Crippen molar-refractivity contribution >= 4 is 0 Å². The second kappa shape index (κ2) is 6.03. The summed E-state index contributed by atoms with van der Waals surface area (Å²) >= 11 is 0. The summed E-state index contributed by atoms with van der Waals surface area (Å²) in [7, 11) is 0. The standard InChI is InChI=1S/C23H24N4/c1-2-18(15-4-5-15)12-19(3-1)23-22(17-8-10-24-11-9-17)21-13-25-20(16-6-7-16)14-27(21)26-23/h1-3,8-12,15-16,20,25H,4-7,13-14H2/t20-/m0/s1. The summed E-state index contributed by atoms with van der Waals surface area (Å²) < 4.78 is 2.27. The topological polar surface area (TPSA) is 42.7 Å². The van der Waals surface area contributed by atoms with Crippen LogP contribution in [0.2, 0.25) is 0 Å². The van der Waals surface area contributed by atoms with Gasteiger partial charge in [0.2, 0.25) is 0 Å².